The first-order valence-corrected chi connectivity index (χ1v) is 14.3. The van der Waals surface area contributed by atoms with Crippen molar-refractivity contribution in [1.82, 2.24) is 35.0 Å². The predicted molar refractivity (Wildman–Crippen MR) is 151 cm³/mol. The van der Waals surface area contributed by atoms with Crippen LogP contribution < -0.4 is 10.3 Å². The van der Waals surface area contributed by atoms with Crippen LogP contribution in [-0.4, -0.2) is 73.8 Å². The quantitative estimate of drug-likeness (QED) is 0.370. The molecule has 2 aromatic carbocycles. The van der Waals surface area contributed by atoms with E-state index >= 15 is 0 Å². The lowest BCUT2D eigenvalue weighted by molar-refractivity contribution is 0.0618. The van der Waals surface area contributed by atoms with E-state index in [9.17, 15) is 4.79 Å². The number of rotatable bonds is 8. The van der Waals surface area contributed by atoms with Gasteiger partial charge in [0.1, 0.15) is 11.8 Å². The van der Waals surface area contributed by atoms with Gasteiger partial charge in [-0.25, -0.2) is 4.68 Å². The lowest BCUT2D eigenvalue weighted by atomic mass is 9.93. The Balaban J connectivity index is 1.37. The molecule has 9 heteroatoms. The van der Waals surface area contributed by atoms with Gasteiger partial charge in [-0.1, -0.05) is 49.6 Å². The molecule has 0 bridgehead atoms. The number of hydrogen-bond acceptors (Lipinski definition) is 7. The van der Waals surface area contributed by atoms with Crippen LogP contribution in [0.1, 0.15) is 62.0 Å². The van der Waals surface area contributed by atoms with Crippen LogP contribution in [0.5, 0.6) is 5.75 Å². The van der Waals surface area contributed by atoms with Crippen molar-refractivity contribution in [2.45, 2.75) is 57.7 Å². The number of benzene rings is 2. The van der Waals surface area contributed by atoms with Crippen molar-refractivity contribution >= 4 is 10.9 Å². The van der Waals surface area contributed by atoms with Gasteiger partial charge < -0.3 is 9.72 Å². The summed E-state index contributed by atoms with van der Waals surface area (Å²) >= 11 is 0. The molecular formula is C30H37N7O2. The van der Waals surface area contributed by atoms with E-state index in [0.717, 1.165) is 48.4 Å². The maximum absolute atomic E-state index is 13.6. The number of H-pyrrole nitrogens is 1. The first-order chi connectivity index (χ1) is 19.2. The maximum atomic E-state index is 13.6. The molecule has 1 saturated carbocycles. The lowest BCUT2D eigenvalue weighted by Gasteiger charge is -2.43. The van der Waals surface area contributed by atoms with Crippen LogP contribution in [0.3, 0.4) is 0 Å². The number of ether oxygens (including phenoxy) is 1. The Morgan fingerprint density at radius 1 is 1.00 bits per heavy atom. The molecule has 2 aromatic heterocycles. The van der Waals surface area contributed by atoms with E-state index in [0.29, 0.717) is 30.6 Å². The molecule has 6 rings (SSSR count). The Morgan fingerprint density at radius 3 is 2.56 bits per heavy atom. The normalized spacial score (nSPS) is 18.4. The standard InChI is InChI=1S/C30H37N7O2/c1-2-39-25-13-14-27-23(19-25)20-26(30(38)31-27)28(29-32-33-34-37(29)21-22-9-5-3-6-10-22)36-17-15-35(16-18-36)24-11-7-4-8-12-24/h3,5-6,9-10,13-14,19-20,24,28H,2,4,7-8,11-12,15-18,21H2,1H3,(H,31,38)/t28-/m0/s1. The van der Waals surface area contributed by atoms with Gasteiger partial charge in [0.05, 0.1) is 13.2 Å². The molecule has 1 aliphatic heterocycles. The molecule has 3 heterocycles. The summed E-state index contributed by atoms with van der Waals surface area (Å²) in [5, 5.41) is 13.9. The summed E-state index contributed by atoms with van der Waals surface area (Å²) in [5.74, 6) is 1.48. The van der Waals surface area contributed by atoms with E-state index in [-0.39, 0.29) is 11.6 Å². The summed E-state index contributed by atoms with van der Waals surface area (Å²) in [6.45, 7) is 6.79. The molecule has 39 heavy (non-hydrogen) atoms. The summed E-state index contributed by atoms with van der Waals surface area (Å²) in [5.41, 5.74) is 2.45. The number of nitrogens with zero attached hydrogens (tertiary/aromatic N) is 6. The van der Waals surface area contributed by atoms with Crippen molar-refractivity contribution in [3.63, 3.8) is 0 Å². The number of tetrazole rings is 1. The summed E-state index contributed by atoms with van der Waals surface area (Å²) in [4.78, 5) is 21.8. The number of piperazine rings is 1. The van der Waals surface area contributed by atoms with Crippen LogP contribution in [0.4, 0.5) is 0 Å². The number of pyridine rings is 1. The number of fused-ring (bicyclic) bond motifs is 1. The molecule has 204 valence electrons. The van der Waals surface area contributed by atoms with Gasteiger partial charge in [-0.15, -0.1) is 5.10 Å². The maximum Gasteiger partial charge on any atom is 0.253 e. The predicted octanol–water partition coefficient (Wildman–Crippen LogP) is 4.00. The third-order valence-electron chi connectivity index (χ3n) is 8.23. The van der Waals surface area contributed by atoms with Crippen molar-refractivity contribution in [1.29, 1.82) is 0 Å². The van der Waals surface area contributed by atoms with Gasteiger partial charge in [-0.3, -0.25) is 14.6 Å². The molecule has 1 N–H and O–H groups in total. The number of aromatic amines is 1. The highest BCUT2D eigenvalue weighted by molar-refractivity contribution is 5.80. The third-order valence-corrected chi connectivity index (χ3v) is 8.23. The molecule has 4 aromatic rings. The molecule has 0 radical (unpaired) electrons. The fourth-order valence-electron chi connectivity index (χ4n) is 6.24. The first kappa shape index (κ1) is 25.7. The third kappa shape index (κ3) is 5.60. The van der Waals surface area contributed by atoms with E-state index in [1.54, 1.807) is 0 Å². The molecule has 0 amide bonds. The van der Waals surface area contributed by atoms with Gasteiger partial charge >= 0.3 is 0 Å². The highest BCUT2D eigenvalue weighted by atomic mass is 16.5. The van der Waals surface area contributed by atoms with Gasteiger partial charge in [-0.2, -0.15) is 0 Å². The lowest BCUT2D eigenvalue weighted by Crippen LogP contribution is -2.52. The minimum atomic E-state index is -0.360. The number of nitrogens with one attached hydrogen (secondary N) is 1. The topological polar surface area (TPSA) is 92.2 Å². The minimum Gasteiger partial charge on any atom is -0.494 e. The van der Waals surface area contributed by atoms with Crippen LogP contribution in [-0.2, 0) is 6.54 Å². The van der Waals surface area contributed by atoms with Gasteiger partial charge in [-0.05, 0) is 60.0 Å². The molecular weight excluding hydrogens is 490 g/mol. The van der Waals surface area contributed by atoms with Crippen molar-refractivity contribution < 1.29 is 4.74 Å². The zero-order valence-electron chi connectivity index (χ0n) is 22.6. The van der Waals surface area contributed by atoms with Gasteiger partial charge in [0, 0.05) is 48.7 Å². The number of aromatic nitrogens is 5. The zero-order chi connectivity index (χ0) is 26.6. The SMILES string of the molecule is CCOc1ccc2[nH]c(=O)c([C@@H](c3nnnn3Cc3ccccc3)N3CCN(C4CCCCC4)CC3)cc2c1. The summed E-state index contributed by atoms with van der Waals surface area (Å²) < 4.78 is 7.58. The average molecular weight is 528 g/mol. The molecule has 1 saturated heterocycles. The van der Waals surface area contributed by atoms with Crippen LogP contribution in [0.25, 0.3) is 10.9 Å². The molecule has 0 spiro atoms. The minimum absolute atomic E-state index is 0.111. The fraction of sp³-hybridized carbons (Fsp3) is 0.467. The van der Waals surface area contributed by atoms with Crippen molar-refractivity contribution in [3.8, 4) is 5.75 Å². The van der Waals surface area contributed by atoms with E-state index < -0.39 is 0 Å². The fourth-order valence-corrected chi connectivity index (χ4v) is 6.24. The largest absolute Gasteiger partial charge is 0.494 e. The molecule has 9 nitrogen and oxygen atoms in total. The molecule has 1 atom stereocenters. The van der Waals surface area contributed by atoms with Crippen LogP contribution in [0, 0.1) is 0 Å². The van der Waals surface area contributed by atoms with Crippen LogP contribution >= 0.6 is 0 Å². The van der Waals surface area contributed by atoms with E-state index in [2.05, 4.69) is 42.4 Å². The van der Waals surface area contributed by atoms with E-state index in [1.807, 2.05) is 54.1 Å². The van der Waals surface area contributed by atoms with Crippen molar-refractivity contribution in [3.05, 3.63) is 81.9 Å². The van der Waals surface area contributed by atoms with Gasteiger partial charge in [0.15, 0.2) is 5.82 Å². The zero-order valence-corrected chi connectivity index (χ0v) is 22.6. The molecule has 2 fully saturated rings. The molecule has 0 unspecified atom stereocenters. The van der Waals surface area contributed by atoms with Gasteiger partial charge in [0.2, 0.25) is 0 Å². The van der Waals surface area contributed by atoms with Crippen LogP contribution in [0.15, 0.2) is 59.4 Å². The Hall–Kier alpha value is -3.56. The smallest absolute Gasteiger partial charge is 0.253 e. The highest BCUT2D eigenvalue weighted by Gasteiger charge is 2.34. The Morgan fingerprint density at radius 2 is 1.79 bits per heavy atom. The Bertz CT molecular complexity index is 1440. The average Bonchev–Trinajstić information content (AvgIpc) is 3.42. The van der Waals surface area contributed by atoms with E-state index in [1.165, 1.54) is 32.1 Å². The first-order valence-electron chi connectivity index (χ1n) is 14.3. The second-order valence-electron chi connectivity index (χ2n) is 10.7. The highest BCUT2D eigenvalue weighted by Crippen LogP contribution is 2.31. The van der Waals surface area contributed by atoms with E-state index in [4.69, 9.17) is 4.74 Å². The summed E-state index contributed by atoms with van der Waals surface area (Å²) in [7, 11) is 0. The summed E-state index contributed by atoms with van der Waals surface area (Å²) in [6, 6.07) is 18.3. The Labute approximate surface area is 228 Å². The van der Waals surface area contributed by atoms with Crippen molar-refractivity contribution in [2.75, 3.05) is 32.8 Å². The second kappa shape index (κ2) is 11.7. The van der Waals surface area contributed by atoms with Crippen LogP contribution in [0.2, 0.25) is 0 Å². The molecule has 2 aliphatic rings. The monoisotopic (exact) mass is 527 g/mol. The molecule has 1 aliphatic carbocycles. The van der Waals surface area contributed by atoms with Gasteiger partial charge in [0.25, 0.3) is 5.56 Å². The number of hydrogen-bond donors (Lipinski definition) is 1. The summed E-state index contributed by atoms with van der Waals surface area (Å²) in [6.07, 6.45) is 6.62. The second-order valence-corrected chi connectivity index (χ2v) is 10.7. The van der Waals surface area contributed by atoms with Crippen molar-refractivity contribution in [2.24, 2.45) is 0 Å². The Kier molecular flexibility index (Phi) is 7.69.